The summed E-state index contributed by atoms with van der Waals surface area (Å²) in [5, 5.41) is 16.1. The summed E-state index contributed by atoms with van der Waals surface area (Å²) < 4.78 is 37.8. The molecule has 1 unspecified atom stereocenters. The van der Waals surface area contributed by atoms with Crippen molar-refractivity contribution in [3.05, 3.63) is 76.5 Å². The Hall–Kier alpha value is -5.03. The summed E-state index contributed by atoms with van der Waals surface area (Å²) in [7, 11) is 1.71. The SMILES string of the molecule is C[C@@H](Nc1ncc2c(-c3ccc(CN4CCN(CCCOCCCc5ccc6c(c5)n(C)c(=O)n6C5CCC(=O)NC5=O)CC4)cc3)cn([C@H]3CC[C@H](O)CC3)c2n1)C(F)F. The van der Waals surface area contributed by atoms with E-state index in [-0.39, 0.29) is 36.1 Å². The van der Waals surface area contributed by atoms with E-state index in [0.29, 0.717) is 30.8 Å². The molecular weight excluding hydrogens is 785 g/mol. The molecule has 1 aliphatic carbocycles. The number of halogens is 2. The van der Waals surface area contributed by atoms with Crippen molar-refractivity contribution in [2.45, 2.75) is 102 Å². The van der Waals surface area contributed by atoms with Crippen LogP contribution < -0.4 is 16.3 Å². The van der Waals surface area contributed by atoms with Crippen LogP contribution in [0.15, 0.2) is 59.7 Å². The van der Waals surface area contributed by atoms with Gasteiger partial charge in [-0.05, 0) is 87.1 Å². The van der Waals surface area contributed by atoms with Crippen LogP contribution in [0.3, 0.4) is 0 Å². The lowest BCUT2D eigenvalue weighted by Gasteiger charge is -2.34. The highest BCUT2D eigenvalue weighted by Crippen LogP contribution is 2.37. The lowest BCUT2D eigenvalue weighted by molar-refractivity contribution is -0.135. The molecule has 61 heavy (non-hydrogen) atoms. The monoisotopic (exact) mass is 841 g/mol. The average Bonchev–Trinajstić information content (AvgIpc) is 3.75. The van der Waals surface area contributed by atoms with E-state index in [2.05, 4.69) is 60.4 Å². The Morgan fingerprint density at radius 1 is 0.918 bits per heavy atom. The number of piperazine rings is 1. The number of carbonyl (C=O) groups excluding carboxylic acids is 2. The maximum absolute atomic E-state index is 13.3. The van der Waals surface area contributed by atoms with E-state index in [1.54, 1.807) is 17.8 Å². The summed E-state index contributed by atoms with van der Waals surface area (Å²) >= 11 is 0. The van der Waals surface area contributed by atoms with Crippen LogP contribution in [0.25, 0.3) is 33.2 Å². The number of amides is 2. The number of anilines is 1. The number of aromatic nitrogens is 5. The van der Waals surface area contributed by atoms with Crippen LogP contribution in [-0.4, -0.2) is 115 Å². The fourth-order valence-electron chi connectivity index (χ4n) is 9.09. The Morgan fingerprint density at radius 2 is 1.64 bits per heavy atom. The van der Waals surface area contributed by atoms with Crippen molar-refractivity contribution in [3.63, 3.8) is 0 Å². The minimum absolute atomic E-state index is 0.163. The topological polar surface area (TPSA) is 152 Å². The van der Waals surface area contributed by atoms with Crippen LogP contribution >= 0.6 is 0 Å². The summed E-state index contributed by atoms with van der Waals surface area (Å²) in [6.45, 7) is 8.67. The number of aryl methyl sites for hydroxylation is 2. The minimum Gasteiger partial charge on any atom is -0.393 e. The van der Waals surface area contributed by atoms with Crippen LogP contribution in [0.2, 0.25) is 0 Å². The first-order chi connectivity index (χ1) is 29.5. The van der Waals surface area contributed by atoms with Crippen LogP contribution in [0, 0.1) is 0 Å². The molecule has 14 nitrogen and oxygen atoms in total. The second-order valence-corrected chi connectivity index (χ2v) is 17.0. The summed E-state index contributed by atoms with van der Waals surface area (Å²) in [4.78, 5) is 51.3. The number of hydrogen-bond acceptors (Lipinski definition) is 10. The second-order valence-electron chi connectivity index (χ2n) is 17.0. The summed E-state index contributed by atoms with van der Waals surface area (Å²) in [5.74, 6) is -0.550. The van der Waals surface area contributed by atoms with Gasteiger partial charge in [-0.2, -0.15) is 4.98 Å². The van der Waals surface area contributed by atoms with Crippen LogP contribution in [0.4, 0.5) is 14.7 Å². The molecule has 16 heteroatoms. The maximum Gasteiger partial charge on any atom is 0.329 e. The predicted octanol–water partition coefficient (Wildman–Crippen LogP) is 5.43. The zero-order valence-corrected chi connectivity index (χ0v) is 35.1. The quantitative estimate of drug-likeness (QED) is 0.0868. The molecule has 8 rings (SSSR count). The summed E-state index contributed by atoms with van der Waals surface area (Å²) in [5.41, 5.74) is 6.32. The summed E-state index contributed by atoms with van der Waals surface area (Å²) in [6.07, 6.45) is 7.29. The van der Waals surface area contributed by atoms with Gasteiger partial charge in [0.1, 0.15) is 11.7 Å². The highest BCUT2D eigenvalue weighted by molar-refractivity contribution is 6.00. The van der Waals surface area contributed by atoms with Crippen molar-refractivity contribution >= 4 is 39.8 Å². The standard InChI is InChI=1S/C45H57F2N9O5/c1-29(41(46)47)49-44-48-26-35-36(28-55(42(35)51-44)33-11-13-34(57)14-12-33)32-9-6-31(7-10-32)27-54-21-19-53(20-22-54)18-4-24-61-23-3-5-30-8-15-37-39(25-30)52(2)45(60)56(37)38-16-17-40(58)50-43(38)59/h6-10,15,25-26,28-29,33-34,38,41,57H,3-5,11-14,16-24,27H2,1-2H3,(H,48,49,51)(H,50,58,59)/t29-,33-,34-,38?/m1/s1. The molecule has 0 radical (unpaired) electrons. The number of fused-ring (bicyclic) bond motifs is 2. The lowest BCUT2D eigenvalue weighted by Crippen LogP contribution is -2.46. The molecule has 2 atom stereocenters. The number of alkyl halides is 2. The number of imide groups is 1. The third-order valence-corrected chi connectivity index (χ3v) is 12.7. The predicted molar refractivity (Wildman–Crippen MR) is 230 cm³/mol. The molecule has 0 spiro atoms. The van der Waals surface area contributed by atoms with Crippen LogP contribution in [-0.2, 0) is 34.3 Å². The molecule has 3 N–H and O–H groups in total. The van der Waals surface area contributed by atoms with Crippen LogP contribution in [0.1, 0.15) is 81.5 Å². The molecule has 3 fully saturated rings. The number of nitrogens with one attached hydrogen (secondary N) is 2. The van der Waals surface area contributed by atoms with Gasteiger partial charge in [0.15, 0.2) is 0 Å². The smallest absolute Gasteiger partial charge is 0.329 e. The largest absolute Gasteiger partial charge is 0.393 e. The molecule has 1 saturated carbocycles. The molecule has 0 bridgehead atoms. The van der Waals surface area contributed by atoms with Crippen molar-refractivity contribution < 1.29 is 28.2 Å². The number of aliphatic hydroxyl groups excluding tert-OH is 1. The number of nitrogens with zero attached hydrogens (tertiary/aromatic N) is 7. The molecule has 326 valence electrons. The van der Waals surface area contributed by atoms with Crippen molar-refractivity contribution in [2.24, 2.45) is 7.05 Å². The third-order valence-electron chi connectivity index (χ3n) is 12.7. The first-order valence-electron chi connectivity index (χ1n) is 21.8. The number of carbonyl (C=O) groups is 2. The Labute approximate surface area is 353 Å². The van der Waals surface area contributed by atoms with Gasteiger partial charge in [-0.15, -0.1) is 0 Å². The number of imidazole rings is 1. The molecule has 5 aromatic rings. The van der Waals surface area contributed by atoms with Crippen molar-refractivity contribution in [3.8, 4) is 11.1 Å². The van der Waals surface area contributed by atoms with Gasteiger partial charge >= 0.3 is 5.69 Å². The molecule has 3 aliphatic rings. The first kappa shape index (κ1) is 42.7. The number of piperidine rings is 1. The van der Waals surface area contributed by atoms with Gasteiger partial charge in [0.05, 0.1) is 23.2 Å². The molecule has 3 aromatic heterocycles. The number of ether oxygens (including phenoxy) is 1. The number of aliphatic hydroxyl groups is 1. The van der Waals surface area contributed by atoms with Crippen molar-refractivity contribution in [1.82, 2.24) is 38.8 Å². The van der Waals surface area contributed by atoms with Gasteiger partial charge in [-0.1, -0.05) is 30.3 Å². The Balaban J connectivity index is 0.773. The van der Waals surface area contributed by atoms with Gasteiger partial charge in [-0.3, -0.25) is 28.9 Å². The lowest BCUT2D eigenvalue weighted by atomic mass is 9.93. The first-order valence-corrected chi connectivity index (χ1v) is 21.8. The van der Waals surface area contributed by atoms with E-state index in [4.69, 9.17) is 9.72 Å². The van der Waals surface area contributed by atoms with E-state index in [1.165, 1.54) is 17.1 Å². The Kier molecular flexibility index (Phi) is 13.2. The van der Waals surface area contributed by atoms with E-state index in [9.17, 15) is 28.3 Å². The zero-order valence-electron chi connectivity index (χ0n) is 35.1. The van der Waals surface area contributed by atoms with Gasteiger partial charge in [0.2, 0.25) is 17.8 Å². The normalized spacial score (nSPS) is 21.1. The number of hydrogen-bond donors (Lipinski definition) is 3. The van der Waals surface area contributed by atoms with Gasteiger partial charge in [0.25, 0.3) is 6.43 Å². The number of rotatable bonds is 16. The molecule has 2 aromatic carbocycles. The molecular formula is C45H57F2N9O5. The van der Waals surface area contributed by atoms with Crippen molar-refractivity contribution in [2.75, 3.05) is 51.3 Å². The molecule has 2 aliphatic heterocycles. The van der Waals surface area contributed by atoms with E-state index >= 15 is 0 Å². The van der Waals surface area contributed by atoms with Gasteiger partial charge in [0, 0.05) is 95.3 Å². The number of benzene rings is 2. The Morgan fingerprint density at radius 3 is 2.38 bits per heavy atom. The van der Waals surface area contributed by atoms with E-state index in [0.717, 1.165) is 112 Å². The molecule has 5 heterocycles. The Bertz CT molecular complexity index is 2380. The highest BCUT2D eigenvalue weighted by atomic mass is 19.3. The van der Waals surface area contributed by atoms with E-state index < -0.39 is 24.4 Å². The summed E-state index contributed by atoms with van der Waals surface area (Å²) in [6, 6.07) is 13.0. The fraction of sp³-hybridized carbons (Fsp3) is 0.533. The van der Waals surface area contributed by atoms with Gasteiger partial charge in [-0.25, -0.2) is 18.6 Å². The van der Waals surface area contributed by atoms with Gasteiger partial charge < -0.3 is 24.6 Å². The molecule has 2 saturated heterocycles. The maximum atomic E-state index is 13.3. The average molecular weight is 842 g/mol. The second kappa shape index (κ2) is 18.9. The third kappa shape index (κ3) is 9.72. The minimum atomic E-state index is -2.54. The van der Waals surface area contributed by atoms with Crippen molar-refractivity contribution in [1.29, 1.82) is 0 Å². The zero-order chi connectivity index (χ0) is 42.6. The van der Waals surface area contributed by atoms with E-state index in [1.807, 2.05) is 18.2 Å². The van der Waals surface area contributed by atoms with Crippen LogP contribution in [0.5, 0.6) is 0 Å². The molecule has 2 amide bonds. The highest BCUT2D eigenvalue weighted by Gasteiger charge is 2.31. The fourth-order valence-corrected chi connectivity index (χ4v) is 9.09.